The van der Waals surface area contributed by atoms with Crippen LogP contribution in [0.15, 0.2) is 30.3 Å². The molecular formula is C21H19Cl2F3N4O. The van der Waals surface area contributed by atoms with Crippen LogP contribution in [0.25, 0.3) is 16.9 Å². The maximum absolute atomic E-state index is 13.8. The number of benzene rings is 1. The molecule has 0 radical (unpaired) electrons. The monoisotopic (exact) mass is 470 g/mol. The van der Waals surface area contributed by atoms with Crippen LogP contribution in [-0.2, 0) is 6.18 Å². The van der Waals surface area contributed by atoms with Crippen LogP contribution in [-0.4, -0.2) is 44.9 Å². The van der Waals surface area contributed by atoms with Gasteiger partial charge in [-0.15, -0.1) is 0 Å². The van der Waals surface area contributed by atoms with E-state index in [9.17, 15) is 18.0 Å². The molecule has 3 heterocycles. The Kier molecular flexibility index (Phi) is 6.23. The summed E-state index contributed by atoms with van der Waals surface area (Å²) < 4.78 is 41.9. The third kappa shape index (κ3) is 4.86. The first kappa shape index (κ1) is 22.0. The lowest BCUT2D eigenvalue weighted by Gasteiger charge is -2.17. The topological polar surface area (TPSA) is 50.5 Å². The van der Waals surface area contributed by atoms with E-state index in [1.807, 2.05) is 4.90 Å². The fourth-order valence-corrected chi connectivity index (χ4v) is 3.99. The molecule has 0 spiro atoms. The molecule has 31 heavy (non-hydrogen) atoms. The number of hydrogen-bond donors (Lipinski definition) is 0. The Morgan fingerprint density at radius 1 is 1.00 bits per heavy atom. The summed E-state index contributed by atoms with van der Waals surface area (Å²) in [5, 5.41) is 4.44. The van der Waals surface area contributed by atoms with Gasteiger partial charge in [-0.1, -0.05) is 42.1 Å². The number of carbonyl (C=O) groups is 1. The third-order valence-corrected chi connectivity index (χ3v) is 6.02. The molecule has 0 N–H and O–H groups in total. The van der Waals surface area contributed by atoms with Crippen LogP contribution in [0.5, 0.6) is 0 Å². The first-order chi connectivity index (χ1) is 14.7. The minimum atomic E-state index is -4.69. The number of aromatic nitrogens is 3. The van der Waals surface area contributed by atoms with E-state index in [1.54, 1.807) is 0 Å². The van der Waals surface area contributed by atoms with Crippen molar-refractivity contribution in [2.24, 2.45) is 0 Å². The van der Waals surface area contributed by atoms with E-state index in [0.29, 0.717) is 10.1 Å². The number of fused-ring (bicyclic) bond motifs is 1. The van der Waals surface area contributed by atoms with Crippen LogP contribution in [0, 0.1) is 0 Å². The van der Waals surface area contributed by atoms with Crippen molar-refractivity contribution in [2.45, 2.75) is 31.9 Å². The molecule has 4 rings (SSSR count). The van der Waals surface area contributed by atoms with Crippen LogP contribution in [0.3, 0.4) is 0 Å². The fraction of sp³-hybridized carbons (Fsp3) is 0.381. The van der Waals surface area contributed by atoms with Gasteiger partial charge < -0.3 is 0 Å². The lowest BCUT2D eigenvalue weighted by Crippen LogP contribution is -2.31. The second kappa shape index (κ2) is 8.76. The van der Waals surface area contributed by atoms with Gasteiger partial charge in [-0.2, -0.15) is 18.3 Å². The fourth-order valence-electron chi connectivity index (χ4n) is 3.69. The average molecular weight is 471 g/mol. The standard InChI is InChI=1S/C21H19Cl2F3N4O/c22-14-6-5-13(9-15(14)23)16-10-19(21(24,25)26)30-20(27-16)11-17(28-30)18(31)12-29-7-3-1-2-4-8-29/h5-6,9-11H,1-4,7-8,12H2. The summed E-state index contributed by atoms with van der Waals surface area (Å²) in [6.45, 7) is 1.73. The van der Waals surface area contributed by atoms with Crippen molar-refractivity contribution in [2.75, 3.05) is 19.6 Å². The Bertz CT molecular complexity index is 1120. The zero-order valence-corrected chi connectivity index (χ0v) is 17.9. The van der Waals surface area contributed by atoms with Crippen LogP contribution in [0.2, 0.25) is 10.0 Å². The summed E-state index contributed by atoms with van der Waals surface area (Å²) in [7, 11) is 0. The molecule has 1 aromatic carbocycles. The van der Waals surface area contributed by atoms with Crippen molar-refractivity contribution in [1.82, 2.24) is 19.5 Å². The van der Waals surface area contributed by atoms with Gasteiger partial charge in [0, 0.05) is 11.6 Å². The number of likely N-dealkylation sites (tertiary alicyclic amines) is 1. The van der Waals surface area contributed by atoms with Gasteiger partial charge in [0.25, 0.3) is 0 Å². The predicted molar refractivity (Wildman–Crippen MR) is 113 cm³/mol. The van der Waals surface area contributed by atoms with Crippen LogP contribution < -0.4 is 0 Å². The quantitative estimate of drug-likeness (QED) is 0.453. The molecule has 0 bridgehead atoms. The zero-order valence-electron chi connectivity index (χ0n) is 16.4. The van der Waals surface area contributed by atoms with Crippen LogP contribution >= 0.6 is 23.2 Å². The molecule has 1 saturated heterocycles. The molecule has 0 atom stereocenters. The van der Waals surface area contributed by atoms with E-state index in [-0.39, 0.29) is 39.4 Å². The van der Waals surface area contributed by atoms with E-state index in [1.165, 1.54) is 24.3 Å². The minimum Gasteiger partial charge on any atom is -0.296 e. The summed E-state index contributed by atoms with van der Waals surface area (Å²) in [6, 6.07) is 6.67. The van der Waals surface area contributed by atoms with E-state index in [2.05, 4.69) is 10.1 Å². The highest BCUT2D eigenvalue weighted by Gasteiger charge is 2.35. The number of nitrogens with zero attached hydrogens (tertiary/aromatic N) is 4. The number of ketones is 1. The molecule has 2 aromatic heterocycles. The predicted octanol–water partition coefficient (Wildman–Crippen LogP) is 5.78. The Balaban J connectivity index is 1.73. The van der Waals surface area contributed by atoms with Gasteiger partial charge in [0.05, 0.1) is 22.3 Å². The number of hydrogen-bond acceptors (Lipinski definition) is 4. The second-order valence-electron chi connectivity index (χ2n) is 7.57. The second-order valence-corrected chi connectivity index (χ2v) is 8.38. The van der Waals surface area contributed by atoms with Crippen molar-refractivity contribution >= 4 is 34.6 Å². The number of alkyl halides is 3. The van der Waals surface area contributed by atoms with Crippen molar-refractivity contribution in [3.63, 3.8) is 0 Å². The molecule has 0 amide bonds. The summed E-state index contributed by atoms with van der Waals surface area (Å²) in [6.07, 6.45) is -0.440. The molecule has 1 aliphatic rings. The Hall–Kier alpha value is -2.16. The normalized spacial score (nSPS) is 15.9. The molecule has 164 valence electrons. The molecule has 1 fully saturated rings. The van der Waals surface area contributed by atoms with Crippen molar-refractivity contribution in [1.29, 1.82) is 0 Å². The van der Waals surface area contributed by atoms with Crippen molar-refractivity contribution in [3.8, 4) is 11.3 Å². The smallest absolute Gasteiger partial charge is 0.296 e. The highest BCUT2D eigenvalue weighted by Crippen LogP contribution is 2.34. The molecule has 0 aliphatic carbocycles. The summed E-state index contributed by atoms with van der Waals surface area (Å²) >= 11 is 11.9. The number of rotatable bonds is 4. The molecule has 1 aliphatic heterocycles. The third-order valence-electron chi connectivity index (χ3n) is 5.28. The Labute approximate surface area is 186 Å². The largest absolute Gasteiger partial charge is 0.433 e. The van der Waals surface area contributed by atoms with E-state index in [4.69, 9.17) is 23.2 Å². The van der Waals surface area contributed by atoms with Gasteiger partial charge in [0.1, 0.15) is 5.69 Å². The lowest BCUT2D eigenvalue weighted by atomic mass is 10.1. The van der Waals surface area contributed by atoms with Gasteiger partial charge in [-0.25, -0.2) is 9.50 Å². The molecule has 0 unspecified atom stereocenters. The summed E-state index contributed by atoms with van der Waals surface area (Å²) in [5.74, 6) is -0.323. The number of Topliss-reactive ketones (excluding diaryl/α,β-unsaturated/α-hetero) is 1. The van der Waals surface area contributed by atoms with Crippen molar-refractivity contribution in [3.05, 3.63) is 51.8 Å². The number of carbonyl (C=O) groups excluding carboxylic acids is 1. The Morgan fingerprint density at radius 3 is 2.35 bits per heavy atom. The molecule has 3 aromatic rings. The van der Waals surface area contributed by atoms with Gasteiger partial charge in [0.15, 0.2) is 17.1 Å². The Morgan fingerprint density at radius 2 is 1.71 bits per heavy atom. The highest BCUT2D eigenvalue weighted by molar-refractivity contribution is 6.42. The molecular weight excluding hydrogens is 452 g/mol. The van der Waals surface area contributed by atoms with Gasteiger partial charge in [0.2, 0.25) is 0 Å². The lowest BCUT2D eigenvalue weighted by molar-refractivity contribution is -0.142. The first-order valence-corrected chi connectivity index (χ1v) is 10.7. The molecule has 10 heteroatoms. The highest BCUT2D eigenvalue weighted by atomic mass is 35.5. The van der Waals surface area contributed by atoms with Crippen molar-refractivity contribution < 1.29 is 18.0 Å². The van der Waals surface area contributed by atoms with Gasteiger partial charge in [-0.05, 0) is 44.1 Å². The molecule has 5 nitrogen and oxygen atoms in total. The van der Waals surface area contributed by atoms with Gasteiger partial charge in [-0.3, -0.25) is 9.69 Å². The maximum Gasteiger partial charge on any atom is 0.433 e. The molecule has 0 saturated carbocycles. The number of halogens is 5. The average Bonchev–Trinajstić information content (AvgIpc) is 2.98. The van der Waals surface area contributed by atoms with Crippen LogP contribution in [0.1, 0.15) is 41.9 Å². The minimum absolute atomic E-state index is 0.0338. The maximum atomic E-state index is 13.8. The zero-order chi connectivity index (χ0) is 22.2. The van der Waals surface area contributed by atoms with Crippen LogP contribution in [0.4, 0.5) is 13.2 Å². The van der Waals surface area contributed by atoms with Gasteiger partial charge >= 0.3 is 6.18 Å². The van der Waals surface area contributed by atoms with E-state index < -0.39 is 11.9 Å². The van der Waals surface area contributed by atoms with E-state index >= 15 is 0 Å². The SMILES string of the molecule is O=C(CN1CCCCCC1)c1cc2nc(-c3ccc(Cl)c(Cl)c3)cc(C(F)(F)F)n2n1. The van der Waals surface area contributed by atoms with E-state index in [0.717, 1.165) is 44.8 Å². The summed E-state index contributed by atoms with van der Waals surface area (Å²) in [5.41, 5.74) is -0.679. The summed E-state index contributed by atoms with van der Waals surface area (Å²) in [4.78, 5) is 19.0. The first-order valence-electron chi connectivity index (χ1n) is 9.91.